The number of carboxylic acid groups (broad SMARTS) is 1. The second-order valence-corrected chi connectivity index (χ2v) is 5.70. The van der Waals surface area contributed by atoms with Crippen molar-refractivity contribution in [2.45, 2.75) is 19.1 Å². The number of nitrogens with zero attached hydrogens (tertiary/aromatic N) is 1. The van der Waals surface area contributed by atoms with Crippen LogP contribution in [0.1, 0.15) is 24.2 Å². The molecule has 7 heteroatoms. The average Bonchev–Trinajstić information content (AvgIpc) is 2.34. The Morgan fingerprint density at radius 1 is 1.53 bits per heavy atom. The molecule has 0 aliphatic heterocycles. The number of nitro benzene ring substituents is 1. The maximum Gasteiger partial charge on any atom is 0.335 e. The Morgan fingerprint density at radius 3 is 2.74 bits per heavy atom. The maximum absolute atomic E-state index is 10.9. The molecule has 0 aromatic heterocycles. The van der Waals surface area contributed by atoms with Gasteiger partial charge in [0.05, 0.1) is 17.1 Å². The number of hydrogen-bond acceptors (Lipinski definition) is 5. The molecule has 1 aromatic carbocycles. The zero-order valence-corrected chi connectivity index (χ0v) is 11.5. The van der Waals surface area contributed by atoms with Crippen molar-refractivity contribution in [3.8, 4) is 5.75 Å². The van der Waals surface area contributed by atoms with Crippen molar-refractivity contribution in [1.82, 2.24) is 0 Å². The van der Waals surface area contributed by atoms with Gasteiger partial charge in [-0.25, -0.2) is 4.79 Å². The van der Waals surface area contributed by atoms with Gasteiger partial charge in [0, 0.05) is 11.8 Å². The summed E-state index contributed by atoms with van der Waals surface area (Å²) in [7, 11) is 0. The fourth-order valence-corrected chi connectivity index (χ4v) is 2.00. The quantitative estimate of drug-likeness (QED) is 0.470. The van der Waals surface area contributed by atoms with Gasteiger partial charge in [0.25, 0.3) is 0 Å². The van der Waals surface area contributed by atoms with E-state index in [4.69, 9.17) is 9.84 Å². The maximum atomic E-state index is 10.9. The molecule has 1 rings (SSSR count). The highest BCUT2D eigenvalue weighted by molar-refractivity contribution is 7.99. The summed E-state index contributed by atoms with van der Waals surface area (Å²) in [4.78, 5) is 21.0. The van der Waals surface area contributed by atoms with Gasteiger partial charge in [-0.1, -0.05) is 13.8 Å². The summed E-state index contributed by atoms with van der Waals surface area (Å²) in [6.07, 6.45) is 0. The van der Waals surface area contributed by atoms with Crippen molar-refractivity contribution >= 4 is 23.4 Å². The van der Waals surface area contributed by atoms with E-state index in [9.17, 15) is 14.9 Å². The topological polar surface area (TPSA) is 89.7 Å². The van der Waals surface area contributed by atoms with Gasteiger partial charge in [-0.2, -0.15) is 11.8 Å². The van der Waals surface area contributed by atoms with Crippen LogP contribution in [0.2, 0.25) is 0 Å². The van der Waals surface area contributed by atoms with Gasteiger partial charge in [0.2, 0.25) is 0 Å². The zero-order chi connectivity index (χ0) is 14.4. The van der Waals surface area contributed by atoms with E-state index in [2.05, 4.69) is 13.8 Å². The Kier molecular flexibility index (Phi) is 5.62. The van der Waals surface area contributed by atoms with Crippen LogP contribution in [0.25, 0.3) is 0 Å². The van der Waals surface area contributed by atoms with Gasteiger partial charge >= 0.3 is 11.7 Å². The Balaban J connectivity index is 2.77. The SMILES string of the molecule is CC(C)SCCOc1ccc(C(=O)O)cc1[N+](=O)[O-]. The highest BCUT2D eigenvalue weighted by Crippen LogP contribution is 2.28. The Labute approximate surface area is 114 Å². The minimum Gasteiger partial charge on any atom is -0.486 e. The molecule has 0 unspecified atom stereocenters. The number of benzene rings is 1. The third-order valence-corrected chi connectivity index (χ3v) is 3.26. The largest absolute Gasteiger partial charge is 0.486 e. The summed E-state index contributed by atoms with van der Waals surface area (Å²) >= 11 is 1.68. The summed E-state index contributed by atoms with van der Waals surface area (Å²) in [5.41, 5.74) is -0.454. The molecule has 0 bridgehead atoms. The Morgan fingerprint density at radius 2 is 2.21 bits per heavy atom. The van der Waals surface area contributed by atoms with E-state index >= 15 is 0 Å². The molecule has 0 radical (unpaired) electrons. The van der Waals surface area contributed by atoms with Crippen molar-refractivity contribution in [3.05, 3.63) is 33.9 Å². The van der Waals surface area contributed by atoms with E-state index in [-0.39, 0.29) is 17.0 Å². The summed E-state index contributed by atoms with van der Waals surface area (Å²) in [6.45, 7) is 4.44. The van der Waals surface area contributed by atoms with Crippen molar-refractivity contribution in [2.24, 2.45) is 0 Å². The van der Waals surface area contributed by atoms with Gasteiger partial charge in [-0.15, -0.1) is 0 Å². The van der Waals surface area contributed by atoms with Gasteiger partial charge < -0.3 is 9.84 Å². The first-order valence-electron chi connectivity index (χ1n) is 5.68. The molecular weight excluding hydrogens is 270 g/mol. The standard InChI is InChI=1S/C12H15NO5S/c1-8(2)19-6-5-18-11-4-3-9(12(14)15)7-10(11)13(16)17/h3-4,7-8H,5-6H2,1-2H3,(H,14,15). The van der Waals surface area contributed by atoms with Crippen molar-refractivity contribution < 1.29 is 19.6 Å². The smallest absolute Gasteiger partial charge is 0.335 e. The van der Waals surface area contributed by atoms with E-state index in [0.717, 1.165) is 11.8 Å². The highest BCUT2D eigenvalue weighted by atomic mass is 32.2. The summed E-state index contributed by atoms with van der Waals surface area (Å²) in [5.74, 6) is -0.389. The lowest BCUT2D eigenvalue weighted by atomic mass is 10.2. The molecule has 19 heavy (non-hydrogen) atoms. The second-order valence-electron chi connectivity index (χ2n) is 4.01. The molecule has 0 atom stereocenters. The number of rotatable bonds is 7. The molecule has 6 nitrogen and oxygen atoms in total. The number of carbonyl (C=O) groups is 1. The average molecular weight is 285 g/mol. The molecule has 0 fully saturated rings. The zero-order valence-electron chi connectivity index (χ0n) is 10.7. The third-order valence-electron chi connectivity index (χ3n) is 2.19. The molecule has 1 N–H and O–H groups in total. The van der Waals surface area contributed by atoms with Crippen LogP contribution in [0.4, 0.5) is 5.69 Å². The van der Waals surface area contributed by atoms with E-state index in [1.807, 2.05) is 0 Å². The number of carboxylic acids is 1. The van der Waals surface area contributed by atoms with Crippen molar-refractivity contribution in [3.63, 3.8) is 0 Å². The molecule has 104 valence electrons. The predicted octanol–water partition coefficient (Wildman–Crippen LogP) is 2.81. The molecule has 1 aromatic rings. The monoisotopic (exact) mass is 285 g/mol. The van der Waals surface area contributed by atoms with E-state index in [1.54, 1.807) is 11.8 Å². The predicted molar refractivity (Wildman–Crippen MR) is 73.1 cm³/mol. The van der Waals surface area contributed by atoms with Crippen molar-refractivity contribution in [2.75, 3.05) is 12.4 Å². The van der Waals surface area contributed by atoms with Crippen LogP contribution in [-0.4, -0.2) is 33.6 Å². The summed E-state index contributed by atoms with van der Waals surface area (Å²) < 4.78 is 5.33. The second kappa shape index (κ2) is 6.98. The molecule has 0 aliphatic carbocycles. The lowest BCUT2D eigenvalue weighted by Gasteiger charge is -2.08. The van der Waals surface area contributed by atoms with Gasteiger partial charge in [-0.3, -0.25) is 10.1 Å². The number of nitro groups is 1. The van der Waals surface area contributed by atoms with Crippen LogP contribution in [-0.2, 0) is 0 Å². The van der Waals surface area contributed by atoms with Crippen LogP contribution in [0.5, 0.6) is 5.75 Å². The van der Waals surface area contributed by atoms with E-state index in [1.165, 1.54) is 12.1 Å². The lowest BCUT2D eigenvalue weighted by molar-refractivity contribution is -0.385. The summed E-state index contributed by atoms with van der Waals surface area (Å²) in [6, 6.07) is 3.62. The first kappa shape index (κ1) is 15.3. The first-order valence-corrected chi connectivity index (χ1v) is 6.73. The lowest BCUT2D eigenvalue weighted by Crippen LogP contribution is -2.06. The number of thioether (sulfide) groups is 1. The number of hydrogen-bond donors (Lipinski definition) is 1. The highest BCUT2D eigenvalue weighted by Gasteiger charge is 2.18. The molecule has 0 saturated carbocycles. The van der Waals surface area contributed by atoms with Crippen molar-refractivity contribution in [1.29, 1.82) is 0 Å². The molecule has 0 aliphatic rings. The minimum absolute atomic E-state index is 0.0966. The fraction of sp³-hybridized carbons (Fsp3) is 0.417. The van der Waals surface area contributed by atoms with Gasteiger partial charge in [-0.05, 0) is 17.4 Å². The van der Waals surface area contributed by atoms with Crippen LogP contribution < -0.4 is 4.74 Å². The molecule has 0 saturated heterocycles. The molecular formula is C12H15NO5S. The van der Waals surface area contributed by atoms with Crippen LogP contribution in [0.15, 0.2) is 18.2 Å². The molecule has 0 spiro atoms. The fourth-order valence-electron chi connectivity index (χ4n) is 1.35. The third kappa shape index (κ3) is 4.78. The first-order chi connectivity index (χ1) is 8.91. The van der Waals surface area contributed by atoms with E-state index < -0.39 is 10.9 Å². The minimum atomic E-state index is -1.20. The Hall–Kier alpha value is -1.76. The molecule has 0 heterocycles. The normalized spacial score (nSPS) is 10.5. The number of ether oxygens (including phenoxy) is 1. The van der Waals surface area contributed by atoms with E-state index in [0.29, 0.717) is 11.9 Å². The molecule has 0 amide bonds. The van der Waals surface area contributed by atoms with Crippen LogP contribution >= 0.6 is 11.8 Å². The summed E-state index contributed by atoms with van der Waals surface area (Å²) in [5, 5.41) is 20.1. The van der Waals surface area contributed by atoms with Gasteiger partial charge in [0.15, 0.2) is 5.75 Å². The Bertz CT molecular complexity index is 475. The van der Waals surface area contributed by atoms with Gasteiger partial charge in [0.1, 0.15) is 0 Å². The van der Waals surface area contributed by atoms with Crippen LogP contribution in [0, 0.1) is 10.1 Å². The number of aromatic carboxylic acids is 1. The van der Waals surface area contributed by atoms with Crippen LogP contribution in [0.3, 0.4) is 0 Å².